The quantitative estimate of drug-likeness (QED) is 0.446. The van der Waals surface area contributed by atoms with E-state index in [4.69, 9.17) is 16.3 Å². The largest absolute Gasteiger partial charge is 0.490 e. The van der Waals surface area contributed by atoms with Gasteiger partial charge < -0.3 is 20.5 Å². The van der Waals surface area contributed by atoms with Crippen molar-refractivity contribution in [1.82, 2.24) is 10.6 Å². The molecule has 6 heteroatoms. The van der Waals surface area contributed by atoms with Gasteiger partial charge in [0, 0.05) is 0 Å². The fourth-order valence-electron chi connectivity index (χ4n) is 2.00. The van der Waals surface area contributed by atoms with E-state index in [1.54, 1.807) is 20.0 Å². The Bertz CT molecular complexity index is 510. The molecule has 0 bridgehead atoms. The van der Waals surface area contributed by atoms with Gasteiger partial charge in [0.25, 0.3) is 0 Å². The number of nitrogens with one attached hydrogen (secondary N) is 2. The summed E-state index contributed by atoms with van der Waals surface area (Å²) in [5, 5.41) is 15.8. The van der Waals surface area contributed by atoms with Crippen molar-refractivity contribution >= 4 is 17.5 Å². The first kappa shape index (κ1) is 19.5. The van der Waals surface area contributed by atoms with E-state index >= 15 is 0 Å². The minimum atomic E-state index is -0.831. The third kappa shape index (κ3) is 6.60. The maximum absolute atomic E-state index is 12.0. The first-order chi connectivity index (χ1) is 11.0. The monoisotopic (exact) mass is 340 g/mol. The molecule has 1 amide bonds. The molecule has 128 valence electrons. The van der Waals surface area contributed by atoms with E-state index in [0.29, 0.717) is 13.0 Å². The normalized spacial score (nSPS) is 14.6. The van der Waals surface area contributed by atoms with E-state index in [2.05, 4.69) is 17.2 Å². The number of aliphatic hydroxyl groups is 1. The molecule has 0 heterocycles. The number of likely N-dealkylation sites (N-methyl/N-ethyl adjacent to an activating group) is 1. The van der Waals surface area contributed by atoms with Gasteiger partial charge in [-0.1, -0.05) is 24.8 Å². The summed E-state index contributed by atoms with van der Waals surface area (Å²) in [4.78, 5) is 12.0. The summed E-state index contributed by atoms with van der Waals surface area (Å²) >= 11 is 5.76. The highest BCUT2D eigenvalue weighted by Crippen LogP contribution is 2.16. The summed E-state index contributed by atoms with van der Waals surface area (Å²) in [6, 6.07) is 6.71. The Morgan fingerprint density at radius 1 is 1.52 bits per heavy atom. The van der Waals surface area contributed by atoms with Gasteiger partial charge in [0.1, 0.15) is 12.4 Å². The fraction of sp³-hybridized carbons (Fsp3) is 0.471. The summed E-state index contributed by atoms with van der Waals surface area (Å²) < 4.78 is 5.50. The van der Waals surface area contributed by atoms with E-state index in [1.807, 2.05) is 24.3 Å². The Morgan fingerprint density at radius 3 is 2.87 bits per heavy atom. The van der Waals surface area contributed by atoms with Gasteiger partial charge in [0.15, 0.2) is 0 Å². The van der Waals surface area contributed by atoms with Crippen LogP contribution in [0.15, 0.2) is 36.9 Å². The van der Waals surface area contributed by atoms with E-state index in [9.17, 15) is 9.90 Å². The van der Waals surface area contributed by atoms with Crippen LogP contribution < -0.4 is 15.4 Å². The van der Waals surface area contributed by atoms with Gasteiger partial charge in [0.05, 0.1) is 24.1 Å². The third-order valence-electron chi connectivity index (χ3n) is 3.50. The van der Waals surface area contributed by atoms with Gasteiger partial charge >= 0.3 is 0 Å². The molecule has 0 aliphatic rings. The summed E-state index contributed by atoms with van der Waals surface area (Å²) in [6.07, 6.45) is 1.30. The summed E-state index contributed by atoms with van der Waals surface area (Å²) in [5.41, 5.74) is 0.943. The zero-order chi connectivity index (χ0) is 17.2. The first-order valence-corrected chi connectivity index (χ1v) is 8.09. The lowest BCUT2D eigenvalue weighted by atomic mass is 10.0. The van der Waals surface area contributed by atoms with Crippen molar-refractivity contribution in [3.63, 3.8) is 0 Å². The standard InChI is InChI=1S/C17H25ClN2O3/c1-4-8-23-14-7-5-6-13(9-14)10-15(16(21)11-18)20-17(22)12(2)19-3/h4-7,9,12,15-16,19,21H,1,8,10-11H2,2-3H3,(H,20,22)/t12?,15-,16+/m0/s1. The van der Waals surface area contributed by atoms with Crippen LogP contribution >= 0.6 is 11.6 Å². The van der Waals surface area contributed by atoms with Gasteiger partial charge in [-0.15, -0.1) is 11.6 Å². The molecule has 1 aromatic carbocycles. The number of carbonyl (C=O) groups excluding carboxylic acids is 1. The maximum atomic E-state index is 12.0. The van der Waals surface area contributed by atoms with Crippen molar-refractivity contribution in [3.05, 3.63) is 42.5 Å². The van der Waals surface area contributed by atoms with Crippen LogP contribution in [0.5, 0.6) is 5.75 Å². The van der Waals surface area contributed by atoms with Crippen LogP contribution in [0.25, 0.3) is 0 Å². The molecule has 23 heavy (non-hydrogen) atoms. The van der Waals surface area contributed by atoms with Gasteiger partial charge in [-0.2, -0.15) is 0 Å². The van der Waals surface area contributed by atoms with Crippen LogP contribution in [0.3, 0.4) is 0 Å². The molecule has 0 saturated heterocycles. The van der Waals surface area contributed by atoms with E-state index in [0.717, 1.165) is 11.3 Å². The third-order valence-corrected chi connectivity index (χ3v) is 3.81. The zero-order valence-electron chi connectivity index (χ0n) is 13.6. The molecule has 0 aromatic heterocycles. The molecule has 1 rings (SSSR count). The lowest BCUT2D eigenvalue weighted by Gasteiger charge is -2.24. The lowest BCUT2D eigenvalue weighted by Crippen LogP contribution is -2.51. The number of benzene rings is 1. The van der Waals surface area contributed by atoms with E-state index < -0.39 is 12.1 Å². The van der Waals surface area contributed by atoms with Gasteiger partial charge in [-0.3, -0.25) is 4.79 Å². The highest BCUT2D eigenvalue weighted by molar-refractivity contribution is 6.18. The molecule has 0 aliphatic carbocycles. The number of halogens is 1. The summed E-state index contributed by atoms with van der Waals surface area (Å²) in [7, 11) is 1.71. The van der Waals surface area contributed by atoms with E-state index in [1.165, 1.54) is 0 Å². The van der Waals surface area contributed by atoms with Crippen molar-refractivity contribution in [2.24, 2.45) is 0 Å². The molecular weight excluding hydrogens is 316 g/mol. The molecule has 0 aliphatic heterocycles. The highest BCUT2D eigenvalue weighted by atomic mass is 35.5. The molecule has 1 aromatic rings. The molecule has 0 radical (unpaired) electrons. The van der Waals surface area contributed by atoms with Crippen molar-refractivity contribution in [3.8, 4) is 5.75 Å². The number of hydrogen-bond donors (Lipinski definition) is 3. The predicted molar refractivity (Wildman–Crippen MR) is 93.0 cm³/mol. The smallest absolute Gasteiger partial charge is 0.237 e. The number of amides is 1. The lowest BCUT2D eigenvalue weighted by molar-refractivity contribution is -0.124. The molecule has 3 atom stereocenters. The molecule has 0 fully saturated rings. The van der Waals surface area contributed by atoms with Crippen LogP contribution in [0.1, 0.15) is 12.5 Å². The highest BCUT2D eigenvalue weighted by Gasteiger charge is 2.23. The Kier molecular flexibility index (Phi) is 8.69. The van der Waals surface area contributed by atoms with Crippen molar-refractivity contribution in [1.29, 1.82) is 0 Å². The van der Waals surface area contributed by atoms with Crippen LogP contribution in [-0.2, 0) is 11.2 Å². The van der Waals surface area contributed by atoms with Gasteiger partial charge in [-0.05, 0) is 38.1 Å². The zero-order valence-corrected chi connectivity index (χ0v) is 14.3. The number of alkyl halides is 1. The molecule has 1 unspecified atom stereocenters. The minimum Gasteiger partial charge on any atom is -0.490 e. The van der Waals surface area contributed by atoms with Crippen LogP contribution in [-0.4, -0.2) is 48.7 Å². The Labute approximate surface area is 142 Å². The average molecular weight is 341 g/mol. The predicted octanol–water partition coefficient (Wildman–Crippen LogP) is 1.49. The van der Waals surface area contributed by atoms with Crippen LogP contribution in [0, 0.1) is 0 Å². The topological polar surface area (TPSA) is 70.6 Å². The number of carbonyl (C=O) groups is 1. The second-order valence-electron chi connectivity index (χ2n) is 5.30. The van der Waals surface area contributed by atoms with Crippen LogP contribution in [0.4, 0.5) is 0 Å². The number of aliphatic hydroxyl groups excluding tert-OH is 1. The maximum Gasteiger partial charge on any atom is 0.237 e. The SMILES string of the molecule is C=CCOc1cccc(C[C@H](NC(=O)C(C)NC)[C@H](O)CCl)c1. The second kappa shape index (κ2) is 10.3. The van der Waals surface area contributed by atoms with Crippen molar-refractivity contribution in [2.75, 3.05) is 19.5 Å². The fourth-order valence-corrected chi connectivity index (χ4v) is 2.22. The van der Waals surface area contributed by atoms with Gasteiger partial charge in [-0.25, -0.2) is 0 Å². The average Bonchev–Trinajstić information content (AvgIpc) is 2.58. The summed E-state index contributed by atoms with van der Waals surface area (Å²) in [5.74, 6) is 0.586. The van der Waals surface area contributed by atoms with Crippen molar-refractivity contribution in [2.45, 2.75) is 31.5 Å². The second-order valence-corrected chi connectivity index (χ2v) is 5.61. The number of rotatable bonds is 10. The molecule has 0 spiro atoms. The molecule has 5 nitrogen and oxygen atoms in total. The Morgan fingerprint density at radius 2 is 2.26 bits per heavy atom. The molecular formula is C17H25ClN2O3. The van der Waals surface area contributed by atoms with Gasteiger partial charge in [0.2, 0.25) is 5.91 Å². The Hall–Kier alpha value is -1.56. The van der Waals surface area contributed by atoms with Crippen molar-refractivity contribution < 1.29 is 14.6 Å². The van der Waals surface area contributed by atoms with Crippen LogP contribution in [0.2, 0.25) is 0 Å². The first-order valence-electron chi connectivity index (χ1n) is 7.56. The van der Waals surface area contributed by atoms with E-state index in [-0.39, 0.29) is 17.8 Å². The minimum absolute atomic E-state index is 0.0472. The number of hydrogen-bond acceptors (Lipinski definition) is 4. The summed E-state index contributed by atoms with van der Waals surface area (Å²) in [6.45, 7) is 5.79. The molecule has 0 saturated carbocycles. The number of ether oxygens (including phenoxy) is 1. The molecule has 3 N–H and O–H groups in total. The Balaban J connectivity index is 2.80.